The average Bonchev–Trinajstić information content (AvgIpc) is 2.63. The Morgan fingerprint density at radius 2 is 1.94 bits per heavy atom. The van der Waals surface area contributed by atoms with E-state index in [1.165, 1.54) is 11.3 Å². The normalized spacial score (nSPS) is 18.5. The summed E-state index contributed by atoms with van der Waals surface area (Å²) >= 11 is 1.51. The van der Waals surface area contributed by atoms with Crippen LogP contribution in [0, 0.1) is 13.8 Å². The summed E-state index contributed by atoms with van der Waals surface area (Å²) in [6.07, 6.45) is 0. The van der Waals surface area contributed by atoms with Crippen LogP contribution in [0.4, 0.5) is 0 Å². The van der Waals surface area contributed by atoms with E-state index in [1.54, 1.807) is 0 Å². The molecule has 0 aromatic carbocycles. The summed E-state index contributed by atoms with van der Waals surface area (Å²) < 4.78 is 0. The quantitative estimate of drug-likeness (QED) is 0.758. The van der Waals surface area contributed by atoms with Crippen molar-refractivity contribution < 1.29 is 4.79 Å². The lowest BCUT2D eigenvalue weighted by Gasteiger charge is -2.31. The molecule has 1 fully saturated rings. The van der Waals surface area contributed by atoms with Gasteiger partial charge in [0.05, 0.1) is 12.2 Å². The highest BCUT2D eigenvalue weighted by Crippen LogP contribution is 2.17. The first-order valence-corrected chi connectivity index (χ1v) is 6.76. The van der Waals surface area contributed by atoms with E-state index in [4.69, 9.17) is 0 Å². The second-order valence-corrected chi connectivity index (χ2v) is 5.87. The van der Waals surface area contributed by atoms with E-state index < -0.39 is 0 Å². The molecule has 2 heterocycles. The molecule has 0 aliphatic carbocycles. The molecule has 4 nitrogen and oxygen atoms in total. The molecule has 0 saturated carbocycles. The summed E-state index contributed by atoms with van der Waals surface area (Å²) in [4.78, 5) is 22.0. The number of carbonyl (C=O) groups is 1. The van der Waals surface area contributed by atoms with Crippen LogP contribution < -0.4 is 0 Å². The number of ketones is 1. The fourth-order valence-corrected chi connectivity index (χ4v) is 2.71. The summed E-state index contributed by atoms with van der Waals surface area (Å²) in [6.45, 7) is 8.53. The smallest absolute Gasteiger partial charge is 0.205 e. The maximum Gasteiger partial charge on any atom is 0.205 e. The van der Waals surface area contributed by atoms with Crippen molar-refractivity contribution in [2.75, 3.05) is 39.8 Å². The molecule has 0 unspecified atom stereocenters. The van der Waals surface area contributed by atoms with Crippen LogP contribution in [0.25, 0.3) is 0 Å². The van der Waals surface area contributed by atoms with E-state index in [0.717, 1.165) is 36.8 Å². The molecule has 1 aliphatic heterocycles. The average molecular weight is 253 g/mol. The zero-order valence-corrected chi connectivity index (χ0v) is 11.5. The number of nitrogens with zero attached hydrogens (tertiary/aromatic N) is 3. The molecule has 1 aromatic heterocycles. The van der Waals surface area contributed by atoms with Crippen LogP contribution in [0.15, 0.2) is 0 Å². The van der Waals surface area contributed by atoms with Gasteiger partial charge in [-0.25, -0.2) is 4.98 Å². The lowest BCUT2D eigenvalue weighted by molar-refractivity contribution is 0.0876. The number of hydrogen-bond acceptors (Lipinski definition) is 5. The molecule has 2 rings (SSSR count). The van der Waals surface area contributed by atoms with Gasteiger partial charge in [0.15, 0.2) is 5.01 Å². The Hall–Kier alpha value is -0.780. The van der Waals surface area contributed by atoms with E-state index in [0.29, 0.717) is 11.6 Å². The summed E-state index contributed by atoms with van der Waals surface area (Å²) in [5.74, 6) is 0.163. The van der Waals surface area contributed by atoms with Gasteiger partial charge in [-0.05, 0) is 20.9 Å². The van der Waals surface area contributed by atoms with Gasteiger partial charge >= 0.3 is 0 Å². The van der Waals surface area contributed by atoms with Crippen molar-refractivity contribution in [2.24, 2.45) is 0 Å². The Kier molecular flexibility index (Phi) is 3.91. The van der Waals surface area contributed by atoms with E-state index in [-0.39, 0.29) is 5.78 Å². The summed E-state index contributed by atoms with van der Waals surface area (Å²) in [6, 6.07) is 0. The van der Waals surface area contributed by atoms with Crippen molar-refractivity contribution in [2.45, 2.75) is 13.8 Å². The van der Waals surface area contributed by atoms with Gasteiger partial charge in [-0.2, -0.15) is 0 Å². The third-order valence-corrected chi connectivity index (χ3v) is 4.34. The predicted molar refractivity (Wildman–Crippen MR) is 69.9 cm³/mol. The van der Waals surface area contributed by atoms with Crippen LogP contribution in [0.5, 0.6) is 0 Å². The van der Waals surface area contributed by atoms with Crippen LogP contribution in [0.2, 0.25) is 0 Å². The number of rotatable bonds is 3. The molecule has 0 N–H and O–H groups in total. The molecule has 17 heavy (non-hydrogen) atoms. The van der Waals surface area contributed by atoms with Crippen molar-refractivity contribution in [1.29, 1.82) is 0 Å². The van der Waals surface area contributed by atoms with Crippen LogP contribution in [0.3, 0.4) is 0 Å². The summed E-state index contributed by atoms with van der Waals surface area (Å²) in [5.41, 5.74) is 0.983. The molecule has 1 aromatic rings. The molecule has 1 aliphatic rings. The van der Waals surface area contributed by atoms with Crippen molar-refractivity contribution in [3.05, 3.63) is 15.6 Å². The van der Waals surface area contributed by atoms with Crippen molar-refractivity contribution in [3.63, 3.8) is 0 Å². The van der Waals surface area contributed by atoms with Gasteiger partial charge in [0, 0.05) is 31.1 Å². The molecule has 0 bridgehead atoms. The summed E-state index contributed by atoms with van der Waals surface area (Å²) in [5, 5.41) is 0.666. The molecule has 0 atom stereocenters. The first-order valence-electron chi connectivity index (χ1n) is 5.94. The van der Waals surface area contributed by atoms with E-state index in [1.807, 2.05) is 13.8 Å². The van der Waals surface area contributed by atoms with Crippen molar-refractivity contribution >= 4 is 17.1 Å². The molecular formula is C12H19N3OS. The molecular weight excluding hydrogens is 234 g/mol. The van der Waals surface area contributed by atoms with Gasteiger partial charge < -0.3 is 4.90 Å². The minimum atomic E-state index is 0.163. The van der Waals surface area contributed by atoms with Gasteiger partial charge in [-0.1, -0.05) is 0 Å². The molecule has 0 radical (unpaired) electrons. The van der Waals surface area contributed by atoms with Crippen molar-refractivity contribution in [1.82, 2.24) is 14.8 Å². The first kappa shape index (κ1) is 12.7. The Balaban J connectivity index is 1.93. The third-order valence-electron chi connectivity index (χ3n) is 3.23. The maximum absolute atomic E-state index is 12.1. The monoisotopic (exact) mass is 253 g/mol. The second-order valence-electron chi connectivity index (χ2n) is 4.66. The lowest BCUT2D eigenvalue weighted by atomic mass is 10.3. The Labute approximate surface area is 106 Å². The largest absolute Gasteiger partial charge is 0.304 e. The summed E-state index contributed by atoms with van der Waals surface area (Å²) in [7, 11) is 2.12. The van der Waals surface area contributed by atoms with E-state index in [9.17, 15) is 4.79 Å². The fourth-order valence-electron chi connectivity index (χ4n) is 1.87. The van der Waals surface area contributed by atoms with Gasteiger partial charge in [0.25, 0.3) is 0 Å². The van der Waals surface area contributed by atoms with Crippen LogP contribution in [-0.2, 0) is 0 Å². The van der Waals surface area contributed by atoms with Gasteiger partial charge in [0.1, 0.15) is 0 Å². The standard InChI is InChI=1S/C12H19N3OS/c1-9-10(2)17-12(13-9)11(16)8-15-6-4-14(3)5-7-15/h4-8H2,1-3H3. The third kappa shape index (κ3) is 3.12. The maximum atomic E-state index is 12.1. The number of piperazine rings is 1. The number of Topliss-reactive ketones (excluding diaryl/α,β-unsaturated/α-hetero) is 1. The second kappa shape index (κ2) is 5.25. The molecule has 1 saturated heterocycles. The highest BCUT2D eigenvalue weighted by molar-refractivity contribution is 7.13. The van der Waals surface area contributed by atoms with Crippen LogP contribution in [0.1, 0.15) is 20.4 Å². The van der Waals surface area contributed by atoms with Crippen LogP contribution in [-0.4, -0.2) is 60.3 Å². The molecule has 94 valence electrons. The first-order chi connectivity index (χ1) is 8.06. The lowest BCUT2D eigenvalue weighted by Crippen LogP contribution is -2.46. The molecule has 0 spiro atoms. The van der Waals surface area contributed by atoms with Crippen LogP contribution >= 0.6 is 11.3 Å². The Bertz CT molecular complexity index is 388. The van der Waals surface area contributed by atoms with Gasteiger partial charge in [-0.3, -0.25) is 9.69 Å². The predicted octanol–water partition coefficient (Wildman–Crippen LogP) is 1.19. The minimum absolute atomic E-state index is 0.163. The zero-order chi connectivity index (χ0) is 12.4. The van der Waals surface area contributed by atoms with E-state index in [2.05, 4.69) is 21.8 Å². The topological polar surface area (TPSA) is 36.4 Å². The number of carbonyl (C=O) groups excluding carboxylic acids is 1. The highest BCUT2D eigenvalue weighted by atomic mass is 32.1. The van der Waals surface area contributed by atoms with Gasteiger partial charge in [0.2, 0.25) is 5.78 Å². The number of likely N-dealkylation sites (N-methyl/N-ethyl adjacent to an activating group) is 1. The number of aryl methyl sites for hydroxylation is 2. The Morgan fingerprint density at radius 1 is 1.29 bits per heavy atom. The highest BCUT2D eigenvalue weighted by Gasteiger charge is 2.19. The fraction of sp³-hybridized carbons (Fsp3) is 0.667. The number of thiazole rings is 1. The molecule has 0 amide bonds. The van der Waals surface area contributed by atoms with Gasteiger partial charge in [-0.15, -0.1) is 11.3 Å². The SMILES string of the molecule is Cc1nc(C(=O)CN2CCN(C)CC2)sc1C. The van der Waals surface area contributed by atoms with Crippen molar-refractivity contribution in [3.8, 4) is 0 Å². The zero-order valence-electron chi connectivity index (χ0n) is 10.7. The minimum Gasteiger partial charge on any atom is -0.304 e. The Morgan fingerprint density at radius 3 is 2.47 bits per heavy atom. The molecule has 5 heteroatoms. The van der Waals surface area contributed by atoms with E-state index >= 15 is 0 Å². The number of aromatic nitrogens is 1. The number of hydrogen-bond donors (Lipinski definition) is 0.